The average molecular weight is 281 g/mol. The Kier molecular flexibility index (Phi) is 3.81. The van der Waals surface area contributed by atoms with Gasteiger partial charge < -0.3 is 5.11 Å². The van der Waals surface area contributed by atoms with Crippen LogP contribution in [0.4, 0.5) is 0 Å². The zero-order valence-corrected chi connectivity index (χ0v) is 12.8. The third-order valence-corrected chi connectivity index (χ3v) is 4.75. The standard InChI is InChI=1S/C19H23NO/c1-3-15-8-9-16(20-13-15)12-19(21)11-10-14(2)17-6-4-5-7-18(17)19/h4-9,13-14,21H,3,10-12H2,1-2H3. The molecule has 3 rings (SSSR count). The van der Waals surface area contributed by atoms with E-state index in [1.165, 1.54) is 11.1 Å². The summed E-state index contributed by atoms with van der Waals surface area (Å²) in [6.45, 7) is 4.37. The highest BCUT2D eigenvalue weighted by Gasteiger charge is 2.36. The Labute approximate surface area is 126 Å². The van der Waals surface area contributed by atoms with Gasteiger partial charge in [-0.2, -0.15) is 0 Å². The van der Waals surface area contributed by atoms with Crippen molar-refractivity contribution in [1.29, 1.82) is 0 Å². The highest BCUT2D eigenvalue weighted by Crippen LogP contribution is 2.42. The van der Waals surface area contributed by atoms with E-state index in [0.29, 0.717) is 12.3 Å². The first-order valence-electron chi connectivity index (χ1n) is 7.88. The Bertz CT molecular complexity index is 620. The molecule has 0 aliphatic heterocycles. The van der Waals surface area contributed by atoms with Crippen LogP contribution >= 0.6 is 0 Å². The molecule has 1 aromatic carbocycles. The largest absolute Gasteiger partial charge is 0.385 e. The van der Waals surface area contributed by atoms with E-state index in [1.54, 1.807) is 0 Å². The summed E-state index contributed by atoms with van der Waals surface area (Å²) in [5, 5.41) is 11.2. The third kappa shape index (κ3) is 2.73. The van der Waals surface area contributed by atoms with E-state index in [-0.39, 0.29) is 0 Å². The number of pyridine rings is 1. The van der Waals surface area contributed by atoms with Gasteiger partial charge >= 0.3 is 0 Å². The van der Waals surface area contributed by atoms with E-state index < -0.39 is 5.60 Å². The molecule has 0 amide bonds. The van der Waals surface area contributed by atoms with E-state index in [2.05, 4.69) is 49.2 Å². The summed E-state index contributed by atoms with van der Waals surface area (Å²) in [4.78, 5) is 4.52. The second-order valence-electron chi connectivity index (χ2n) is 6.25. The molecule has 2 nitrogen and oxygen atoms in total. The predicted octanol–water partition coefficient (Wildman–Crippen LogP) is 3.97. The molecule has 21 heavy (non-hydrogen) atoms. The van der Waals surface area contributed by atoms with Gasteiger partial charge in [0.2, 0.25) is 0 Å². The Morgan fingerprint density at radius 2 is 2.05 bits per heavy atom. The van der Waals surface area contributed by atoms with E-state index in [4.69, 9.17) is 0 Å². The number of aryl methyl sites for hydroxylation is 1. The zero-order chi connectivity index (χ0) is 14.9. The highest BCUT2D eigenvalue weighted by molar-refractivity contribution is 5.38. The second-order valence-corrected chi connectivity index (χ2v) is 6.25. The monoisotopic (exact) mass is 281 g/mol. The molecule has 1 heterocycles. The number of fused-ring (bicyclic) bond motifs is 1. The smallest absolute Gasteiger partial charge is 0.0954 e. The molecule has 0 saturated heterocycles. The van der Waals surface area contributed by atoms with Crippen LogP contribution < -0.4 is 0 Å². The van der Waals surface area contributed by atoms with Crippen molar-refractivity contribution in [2.24, 2.45) is 0 Å². The van der Waals surface area contributed by atoms with Gasteiger partial charge in [-0.1, -0.05) is 44.2 Å². The van der Waals surface area contributed by atoms with E-state index in [1.807, 2.05) is 12.3 Å². The maximum atomic E-state index is 11.2. The predicted molar refractivity (Wildman–Crippen MR) is 85.3 cm³/mol. The summed E-state index contributed by atoms with van der Waals surface area (Å²) < 4.78 is 0. The Hall–Kier alpha value is -1.67. The van der Waals surface area contributed by atoms with Gasteiger partial charge in [0.15, 0.2) is 0 Å². The van der Waals surface area contributed by atoms with E-state index in [0.717, 1.165) is 30.5 Å². The minimum atomic E-state index is -0.774. The number of hydrogen-bond donors (Lipinski definition) is 1. The van der Waals surface area contributed by atoms with E-state index >= 15 is 0 Å². The maximum absolute atomic E-state index is 11.2. The van der Waals surface area contributed by atoms with Gasteiger partial charge in [-0.3, -0.25) is 4.98 Å². The maximum Gasteiger partial charge on any atom is 0.0954 e. The van der Waals surface area contributed by atoms with Crippen molar-refractivity contribution in [2.75, 3.05) is 0 Å². The van der Waals surface area contributed by atoms with Crippen LogP contribution in [-0.4, -0.2) is 10.1 Å². The van der Waals surface area contributed by atoms with Gasteiger partial charge in [0, 0.05) is 18.3 Å². The summed E-state index contributed by atoms with van der Waals surface area (Å²) >= 11 is 0. The highest BCUT2D eigenvalue weighted by atomic mass is 16.3. The molecule has 0 saturated carbocycles. The molecule has 2 unspecified atom stereocenters. The topological polar surface area (TPSA) is 33.1 Å². The third-order valence-electron chi connectivity index (χ3n) is 4.75. The van der Waals surface area contributed by atoms with Gasteiger partial charge in [0.1, 0.15) is 0 Å². The number of nitrogens with zero attached hydrogens (tertiary/aromatic N) is 1. The molecule has 0 spiro atoms. The lowest BCUT2D eigenvalue weighted by molar-refractivity contribution is 0.0150. The molecular formula is C19H23NO. The lowest BCUT2D eigenvalue weighted by Gasteiger charge is -2.37. The van der Waals surface area contributed by atoms with Crippen LogP contribution in [0.25, 0.3) is 0 Å². The number of aliphatic hydroxyl groups is 1. The van der Waals surface area contributed by atoms with Crippen molar-refractivity contribution < 1.29 is 5.11 Å². The SMILES string of the molecule is CCc1ccc(CC2(O)CCC(C)c3ccccc32)nc1. The molecule has 0 bridgehead atoms. The fraction of sp³-hybridized carbons (Fsp3) is 0.421. The first-order valence-corrected chi connectivity index (χ1v) is 7.88. The van der Waals surface area contributed by atoms with Crippen molar-refractivity contribution >= 4 is 0 Å². The molecule has 0 radical (unpaired) electrons. The molecule has 1 N–H and O–H groups in total. The zero-order valence-electron chi connectivity index (χ0n) is 12.8. The second kappa shape index (κ2) is 5.61. The normalized spacial score (nSPS) is 24.6. The molecule has 2 heteroatoms. The summed E-state index contributed by atoms with van der Waals surface area (Å²) in [7, 11) is 0. The van der Waals surface area contributed by atoms with Crippen LogP contribution in [0.2, 0.25) is 0 Å². The summed E-state index contributed by atoms with van der Waals surface area (Å²) in [5.74, 6) is 0.525. The lowest BCUT2D eigenvalue weighted by Crippen LogP contribution is -2.34. The Morgan fingerprint density at radius 1 is 1.24 bits per heavy atom. The summed E-state index contributed by atoms with van der Waals surface area (Å²) in [6, 6.07) is 12.5. The van der Waals surface area contributed by atoms with Gasteiger partial charge in [-0.15, -0.1) is 0 Å². The Morgan fingerprint density at radius 3 is 2.76 bits per heavy atom. The van der Waals surface area contributed by atoms with E-state index in [9.17, 15) is 5.11 Å². The molecular weight excluding hydrogens is 258 g/mol. The average Bonchev–Trinajstić information content (AvgIpc) is 2.52. The van der Waals surface area contributed by atoms with Crippen molar-refractivity contribution in [2.45, 2.75) is 51.0 Å². The Balaban J connectivity index is 1.92. The molecule has 2 aromatic rings. The number of hydrogen-bond acceptors (Lipinski definition) is 2. The van der Waals surface area contributed by atoms with Gasteiger partial charge in [0.05, 0.1) is 5.60 Å². The molecule has 1 aliphatic rings. The number of benzene rings is 1. The number of aromatic nitrogens is 1. The van der Waals surface area contributed by atoms with Crippen LogP contribution in [0.5, 0.6) is 0 Å². The lowest BCUT2D eigenvalue weighted by atomic mass is 9.72. The van der Waals surface area contributed by atoms with Crippen LogP contribution in [-0.2, 0) is 18.4 Å². The van der Waals surface area contributed by atoms with Crippen molar-refractivity contribution in [3.8, 4) is 0 Å². The summed E-state index contributed by atoms with van der Waals surface area (Å²) in [5.41, 5.74) is 3.81. The fourth-order valence-corrected chi connectivity index (χ4v) is 3.35. The first-order chi connectivity index (χ1) is 10.1. The van der Waals surface area contributed by atoms with Gasteiger partial charge in [-0.25, -0.2) is 0 Å². The van der Waals surface area contributed by atoms with Crippen molar-refractivity contribution in [3.05, 3.63) is 65.0 Å². The quantitative estimate of drug-likeness (QED) is 0.923. The van der Waals surface area contributed by atoms with Crippen molar-refractivity contribution in [1.82, 2.24) is 4.98 Å². The van der Waals surface area contributed by atoms with Crippen LogP contribution in [0, 0.1) is 0 Å². The van der Waals surface area contributed by atoms with Gasteiger partial charge in [-0.05, 0) is 47.9 Å². The molecule has 2 atom stereocenters. The first kappa shape index (κ1) is 14.3. The van der Waals surface area contributed by atoms with Crippen LogP contribution in [0.1, 0.15) is 55.0 Å². The van der Waals surface area contributed by atoms with Gasteiger partial charge in [0.25, 0.3) is 0 Å². The minimum Gasteiger partial charge on any atom is -0.385 e. The molecule has 110 valence electrons. The fourth-order valence-electron chi connectivity index (χ4n) is 3.35. The van der Waals surface area contributed by atoms with Crippen molar-refractivity contribution in [3.63, 3.8) is 0 Å². The van der Waals surface area contributed by atoms with Crippen LogP contribution in [0.3, 0.4) is 0 Å². The molecule has 0 fully saturated rings. The van der Waals surface area contributed by atoms with Crippen LogP contribution in [0.15, 0.2) is 42.6 Å². The molecule has 1 aliphatic carbocycles. The number of rotatable bonds is 3. The minimum absolute atomic E-state index is 0.525. The molecule has 1 aromatic heterocycles. The summed E-state index contributed by atoms with van der Waals surface area (Å²) in [6.07, 6.45) is 5.36.